The van der Waals surface area contributed by atoms with E-state index >= 15 is 0 Å². The summed E-state index contributed by atoms with van der Waals surface area (Å²) in [5, 5.41) is -0.241. The molecule has 0 aliphatic carbocycles. The zero-order chi connectivity index (χ0) is 15.6. The van der Waals surface area contributed by atoms with Gasteiger partial charge in [-0.15, -0.1) is 0 Å². The summed E-state index contributed by atoms with van der Waals surface area (Å²) < 4.78 is 55.9. The van der Waals surface area contributed by atoms with Crippen molar-refractivity contribution in [1.82, 2.24) is 9.97 Å². The van der Waals surface area contributed by atoms with Gasteiger partial charge in [-0.2, -0.15) is 18.2 Å². The Labute approximate surface area is 120 Å². The quantitative estimate of drug-likeness (QED) is 0.515. The van der Waals surface area contributed by atoms with Crippen LogP contribution in [-0.4, -0.2) is 9.97 Å². The number of hydrazine groups is 1. The molecule has 0 fully saturated rings. The summed E-state index contributed by atoms with van der Waals surface area (Å²) >= 11 is 5.54. The molecular formula is C11H7ClF4N4O. The lowest BCUT2D eigenvalue weighted by Crippen LogP contribution is -2.16. The van der Waals surface area contributed by atoms with Crippen molar-refractivity contribution in [3.05, 3.63) is 40.9 Å². The van der Waals surface area contributed by atoms with Gasteiger partial charge in [0.05, 0.1) is 5.02 Å². The van der Waals surface area contributed by atoms with Crippen LogP contribution in [0.3, 0.4) is 0 Å². The first-order chi connectivity index (χ1) is 9.79. The molecular weight excluding hydrogens is 316 g/mol. The standard InChI is InChI=1S/C11H7ClF4N4O/c12-6-3-5(1-2-7(6)13)21-9-4-8(20-17)18-10(19-9)11(14,15)16/h1-4H,17H2,(H,18,19,20). The summed E-state index contributed by atoms with van der Waals surface area (Å²) in [6.07, 6.45) is -4.77. The maximum absolute atomic E-state index is 13.0. The molecule has 1 heterocycles. The average molecular weight is 323 g/mol. The van der Waals surface area contributed by atoms with Crippen molar-refractivity contribution in [3.63, 3.8) is 0 Å². The molecule has 2 rings (SSSR count). The third kappa shape index (κ3) is 3.70. The zero-order valence-corrected chi connectivity index (χ0v) is 10.8. The fourth-order valence-corrected chi connectivity index (χ4v) is 1.51. The minimum atomic E-state index is -4.77. The third-order valence-corrected chi connectivity index (χ3v) is 2.51. The van der Waals surface area contributed by atoms with Gasteiger partial charge >= 0.3 is 6.18 Å². The van der Waals surface area contributed by atoms with E-state index in [1.165, 1.54) is 6.07 Å². The Bertz CT molecular complexity index is 665. The number of benzene rings is 1. The van der Waals surface area contributed by atoms with E-state index in [2.05, 4.69) is 9.97 Å². The second-order valence-corrected chi connectivity index (χ2v) is 4.14. The molecule has 0 radical (unpaired) electrons. The van der Waals surface area contributed by atoms with Crippen molar-refractivity contribution in [1.29, 1.82) is 0 Å². The van der Waals surface area contributed by atoms with Crippen LogP contribution in [0.25, 0.3) is 0 Å². The van der Waals surface area contributed by atoms with Crippen molar-refractivity contribution in [2.24, 2.45) is 5.84 Å². The van der Waals surface area contributed by atoms with E-state index in [-0.39, 0.29) is 16.6 Å². The van der Waals surface area contributed by atoms with E-state index in [4.69, 9.17) is 22.2 Å². The van der Waals surface area contributed by atoms with Gasteiger partial charge in [0.2, 0.25) is 11.7 Å². The highest BCUT2D eigenvalue weighted by atomic mass is 35.5. The van der Waals surface area contributed by atoms with Crippen molar-refractivity contribution >= 4 is 17.4 Å². The predicted octanol–water partition coefficient (Wildman–Crippen LogP) is 3.37. The zero-order valence-electron chi connectivity index (χ0n) is 10.1. The number of halogens is 5. The Hall–Kier alpha value is -2.13. The molecule has 0 spiro atoms. The van der Waals surface area contributed by atoms with Crippen LogP contribution in [-0.2, 0) is 6.18 Å². The highest BCUT2D eigenvalue weighted by Crippen LogP contribution is 2.31. The number of nitrogens with one attached hydrogen (secondary N) is 1. The van der Waals surface area contributed by atoms with Crippen LogP contribution in [0, 0.1) is 5.82 Å². The minimum Gasteiger partial charge on any atom is -0.439 e. The van der Waals surface area contributed by atoms with Gasteiger partial charge in [0.25, 0.3) is 0 Å². The van der Waals surface area contributed by atoms with E-state index < -0.39 is 23.7 Å². The van der Waals surface area contributed by atoms with Crippen LogP contribution in [0.1, 0.15) is 5.82 Å². The predicted molar refractivity (Wildman–Crippen MR) is 66.3 cm³/mol. The van der Waals surface area contributed by atoms with Crippen molar-refractivity contribution in [2.75, 3.05) is 5.43 Å². The number of ether oxygens (including phenoxy) is 1. The molecule has 5 nitrogen and oxygen atoms in total. The maximum atomic E-state index is 13.0. The SMILES string of the molecule is NNc1cc(Oc2ccc(F)c(Cl)c2)nc(C(F)(F)F)n1. The Morgan fingerprint density at radius 1 is 1.19 bits per heavy atom. The topological polar surface area (TPSA) is 73.1 Å². The van der Waals surface area contributed by atoms with Crippen molar-refractivity contribution in [3.8, 4) is 11.6 Å². The average Bonchev–Trinajstić information content (AvgIpc) is 2.41. The molecule has 0 aliphatic heterocycles. The Morgan fingerprint density at radius 2 is 1.90 bits per heavy atom. The molecule has 0 unspecified atom stereocenters. The van der Waals surface area contributed by atoms with E-state index in [0.29, 0.717) is 0 Å². The lowest BCUT2D eigenvalue weighted by Gasteiger charge is -2.10. The molecule has 0 bridgehead atoms. The van der Waals surface area contributed by atoms with Crippen molar-refractivity contribution < 1.29 is 22.3 Å². The second-order valence-electron chi connectivity index (χ2n) is 3.74. The van der Waals surface area contributed by atoms with E-state index in [9.17, 15) is 17.6 Å². The van der Waals surface area contributed by atoms with Gasteiger partial charge in [0.15, 0.2) is 0 Å². The molecule has 0 aliphatic rings. The van der Waals surface area contributed by atoms with E-state index in [1.54, 1.807) is 0 Å². The first-order valence-corrected chi connectivity index (χ1v) is 5.73. The third-order valence-electron chi connectivity index (χ3n) is 2.22. The van der Waals surface area contributed by atoms with Crippen LogP contribution in [0.2, 0.25) is 5.02 Å². The number of hydrogen-bond donors (Lipinski definition) is 2. The van der Waals surface area contributed by atoms with Gasteiger partial charge in [-0.05, 0) is 12.1 Å². The monoisotopic (exact) mass is 322 g/mol. The number of nitrogens with zero attached hydrogens (tertiary/aromatic N) is 2. The van der Waals surface area contributed by atoms with Crippen LogP contribution < -0.4 is 16.0 Å². The summed E-state index contributed by atoms with van der Waals surface area (Å²) in [4.78, 5) is 6.37. The van der Waals surface area contributed by atoms with Gasteiger partial charge in [-0.3, -0.25) is 0 Å². The molecule has 1 aromatic heterocycles. The fourth-order valence-electron chi connectivity index (χ4n) is 1.34. The Morgan fingerprint density at radius 3 is 2.48 bits per heavy atom. The summed E-state index contributed by atoms with van der Waals surface area (Å²) in [5.41, 5.74) is 1.97. The number of nitrogens with two attached hydrogens (primary N) is 1. The van der Waals surface area contributed by atoms with Gasteiger partial charge in [0, 0.05) is 12.1 Å². The van der Waals surface area contributed by atoms with Crippen LogP contribution in [0.15, 0.2) is 24.3 Å². The van der Waals surface area contributed by atoms with E-state index in [0.717, 1.165) is 18.2 Å². The molecule has 2 aromatic rings. The lowest BCUT2D eigenvalue weighted by molar-refractivity contribution is -0.145. The van der Waals surface area contributed by atoms with Crippen LogP contribution in [0.5, 0.6) is 11.6 Å². The molecule has 0 saturated heterocycles. The summed E-state index contributed by atoms with van der Waals surface area (Å²) in [7, 11) is 0. The first kappa shape index (κ1) is 15.3. The smallest absolute Gasteiger partial charge is 0.439 e. The second kappa shape index (κ2) is 5.70. The highest BCUT2D eigenvalue weighted by molar-refractivity contribution is 6.30. The Balaban J connectivity index is 2.36. The first-order valence-electron chi connectivity index (χ1n) is 5.35. The lowest BCUT2D eigenvalue weighted by atomic mass is 10.3. The van der Waals surface area contributed by atoms with E-state index in [1.807, 2.05) is 5.43 Å². The number of hydrogen-bond acceptors (Lipinski definition) is 5. The molecule has 21 heavy (non-hydrogen) atoms. The van der Waals surface area contributed by atoms with Crippen LogP contribution >= 0.6 is 11.6 Å². The molecule has 10 heteroatoms. The normalized spacial score (nSPS) is 11.3. The van der Waals surface area contributed by atoms with Gasteiger partial charge < -0.3 is 10.2 Å². The summed E-state index contributed by atoms with van der Waals surface area (Å²) in [6.45, 7) is 0. The fraction of sp³-hybridized carbons (Fsp3) is 0.0909. The molecule has 3 N–H and O–H groups in total. The number of anilines is 1. The number of nitrogen functional groups attached to an aromatic ring is 1. The summed E-state index contributed by atoms with van der Waals surface area (Å²) in [5.74, 6) is 2.21. The number of alkyl halides is 3. The number of rotatable bonds is 3. The molecule has 0 saturated carbocycles. The maximum Gasteiger partial charge on any atom is 0.451 e. The molecule has 0 amide bonds. The Kier molecular flexibility index (Phi) is 4.14. The largest absolute Gasteiger partial charge is 0.451 e. The highest BCUT2D eigenvalue weighted by Gasteiger charge is 2.35. The molecule has 1 aromatic carbocycles. The minimum absolute atomic E-state index is 0.0104. The molecule has 0 atom stereocenters. The number of aromatic nitrogens is 2. The molecule has 112 valence electrons. The van der Waals surface area contributed by atoms with Gasteiger partial charge in [-0.25, -0.2) is 15.2 Å². The van der Waals surface area contributed by atoms with Gasteiger partial charge in [0.1, 0.15) is 17.4 Å². The van der Waals surface area contributed by atoms with Crippen molar-refractivity contribution in [2.45, 2.75) is 6.18 Å². The summed E-state index contributed by atoms with van der Waals surface area (Å²) in [6, 6.07) is 4.34. The van der Waals surface area contributed by atoms with Gasteiger partial charge in [-0.1, -0.05) is 11.6 Å². The van der Waals surface area contributed by atoms with Crippen LogP contribution in [0.4, 0.5) is 23.4 Å².